The first kappa shape index (κ1) is 21.4. The van der Waals surface area contributed by atoms with E-state index in [0.717, 1.165) is 52.0 Å². The number of nitrogens with zero attached hydrogens (tertiary/aromatic N) is 2. The summed E-state index contributed by atoms with van der Waals surface area (Å²) in [6.07, 6.45) is 4.24. The molecule has 32 heavy (non-hydrogen) atoms. The number of nitrogens with one attached hydrogen (secondary N) is 1. The van der Waals surface area contributed by atoms with E-state index < -0.39 is 0 Å². The highest BCUT2D eigenvalue weighted by molar-refractivity contribution is 7.99. The van der Waals surface area contributed by atoms with Crippen LogP contribution >= 0.6 is 34.4 Å². The van der Waals surface area contributed by atoms with Crippen molar-refractivity contribution in [2.75, 3.05) is 5.75 Å². The van der Waals surface area contributed by atoms with Crippen LogP contribution in [0.2, 0.25) is 0 Å². The quantitative estimate of drug-likeness (QED) is 0.307. The molecule has 1 N–H and O–H groups in total. The summed E-state index contributed by atoms with van der Waals surface area (Å²) in [5.74, 6) is 0.138. The first-order valence-electron chi connectivity index (χ1n) is 10.7. The summed E-state index contributed by atoms with van der Waals surface area (Å²) in [6, 6.07) is 11.9. The summed E-state index contributed by atoms with van der Waals surface area (Å²) in [7, 11) is 0. The van der Waals surface area contributed by atoms with Crippen LogP contribution in [0.4, 0.5) is 0 Å². The molecule has 5 rings (SSSR count). The zero-order valence-corrected chi connectivity index (χ0v) is 20.2. The first-order chi connectivity index (χ1) is 15.6. The average molecular weight is 482 g/mol. The Labute approximate surface area is 198 Å². The Morgan fingerprint density at radius 2 is 2.00 bits per heavy atom. The number of aromatic nitrogens is 2. The van der Waals surface area contributed by atoms with E-state index in [-0.39, 0.29) is 17.2 Å². The van der Waals surface area contributed by atoms with Gasteiger partial charge in [-0.25, -0.2) is 4.98 Å². The van der Waals surface area contributed by atoms with Gasteiger partial charge in [-0.3, -0.25) is 14.2 Å². The van der Waals surface area contributed by atoms with Crippen LogP contribution in [-0.4, -0.2) is 21.2 Å². The van der Waals surface area contributed by atoms with Gasteiger partial charge in [0.25, 0.3) is 5.56 Å². The molecule has 0 spiro atoms. The number of hydrogen-bond acceptors (Lipinski definition) is 6. The van der Waals surface area contributed by atoms with Crippen LogP contribution in [0.25, 0.3) is 15.9 Å². The van der Waals surface area contributed by atoms with E-state index in [9.17, 15) is 9.59 Å². The third kappa shape index (κ3) is 4.27. The number of fused-ring (bicyclic) bond motifs is 3. The van der Waals surface area contributed by atoms with Gasteiger partial charge in [-0.2, -0.15) is 0 Å². The van der Waals surface area contributed by atoms with Crippen molar-refractivity contribution in [2.24, 2.45) is 0 Å². The van der Waals surface area contributed by atoms with E-state index >= 15 is 0 Å². The summed E-state index contributed by atoms with van der Waals surface area (Å²) in [5, 5.41) is 6.27. The highest BCUT2D eigenvalue weighted by Gasteiger charge is 2.23. The highest BCUT2D eigenvalue weighted by Crippen LogP contribution is 2.35. The zero-order chi connectivity index (χ0) is 22.1. The molecule has 0 aliphatic heterocycles. The predicted molar refractivity (Wildman–Crippen MR) is 133 cm³/mol. The van der Waals surface area contributed by atoms with Gasteiger partial charge in [0.2, 0.25) is 5.91 Å². The summed E-state index contributed by atoms with van der Waals surface area (Å²) >= 11 is 4.58. The smallest absolute Gasteiger partial charge is 0.267 e. The maximum atomic E-state index is 13.7. The number of thiophene rings is 2. The van der Waals surface area contributed by atoms with Crippen molar-refractivity contribution in [1.82, 2.24) is 14.9 Å². The first-order valence-corrected chi connectivity index (χ1v) is 13.3. The molecule has 1 aliphatic carbocycles. The number of thioether (sulfide) groups is 1. The van der Waals surface area contributed by atoms with Crippen LogP contribution in [0.5, 0.6) is 0 Å². The van der Waals surface area contributed by atoms with Crippen molar-refractivity contribution in [2.45, 2.75) is 44.3 Å². The molecule has 0 unspecified atom stereocenters. The van der Waals surface area contributed by atoms with E-state index in [0.29, 0.717) is 11.7 Å². The molecular formula is C24H23N3O2S3. The minimum atomic E-state index is -0.0707. The van der Waals surface area contributed by atoms with Gasteiger partial charge in [0.15, 0.2) is 5.16 Å². The normalized spacial score (nSPS) is 13.3. The minimum absolute atomic E-state index is 0.0280. The molecule has 1 amide bonds. The van der Waals surface area contributed by atoms with Gasteiger partial charge in [-0.05, 0) is 61.7 Å². The van der Waals surface area contributed by atoms with Crippen molar-refractivity contribution >= 4 is 50.6 Å². The van der Waals surface area contributed by atoms with Gasteiger partial charge in [0.05, 0.1) is 23.4 Å². The monoisotopic (exact) mass is 481 g/mol. The largest absolute Gasteiger partial charge is 0.350 e. The van der Waals surface area contributed by atoms with Crippen molar-refractivity contribution in [3.05, 3.63) is 73.0 Å². The number of carbonyl (C=O) groups is 1. The van der Waals surface area contributed by atoms with E-state index in [1.807, 2.05) is 48.7 Å². The van der Waals surface area contributed by atoms with Gasteiger partial charge >= 0.3 is 0 Å². The molecule has 164 valence electrons. The third-order valence-corrected chi connectivity index (χ3v) is 8.62. The molecule has 0 radical (unpaired) electrons. The Kier molecular flexibility index (Phi) is 6.17. The van der Waals surface area contributed by atoms with Crippen LogP contribution < -0.4 is 10.9 Å². The molecule has 5 nitrogen and oxygen atoms in total. The lowest BCUT2D eigenvalue weighted by molar-refractivity contribution is -0.118. The standard InChI is InChI=1S/C24H23N3O2S3/c1-15-8-10-16(11-9-15)27-23(29)21-18-6-2-3-7-19(18)32-22(21)26-24(27)31-14-20(28)25-13-17-5-4-12-30-17/h4-5,8-12H,2-3,6-7,13-14H2,1H3,(H,25,28). The molecule has 1 aromatic carbocycles. The fourth-order valence-electron chi connectivity index (χ4n) is 3.98. The Balaban J connectivity index is 1.50. The van der Waals surface area contributed by atoms with Crippen molar-refractivity contribution in [3.63, 3.8) is 0 Å². The molecule has 4 aromatic rings. The molecule has 1 aliphatic rings. The second-order valence-electron chi connectivity index (χ2n) is 7.91. The molecular weight excluding hydrogens is 458 g/mol. The summed E-state index contributed by atoms with van der Waals surface area (Å²) in [6.45, 7) is 2.54. The van der Waals surface area contributed by atoms with Crippen LogP contribution in [0, 0.1) is 6.92 Å². The molecule has 3 aromatic heterocycles. The number of rotatable bonds is 6. The molecule has 0 atom stereocenters. The third-order valence-electron chi connectivity index (χ3n) is 5.62. The lowest BCUT2D eigenvalue weighted by atomic mass is 9.97. The summed E-state index contributed by atoms with van der Waals surface area (Å²) < 4.78 is 1.68. The van der Waals surface area contributed by atoms with Crippen LogP contribution in [0.3, 0.4) is 0 Å². The molecule has 0 fully saturated rings. The SMILES string of the molecule is Cc1ccc(-n2c(SCC(=O)NCc3cccs3)nc3sc4c(c3c2=O)CCCC4)cc1. The molecule has 3 heterocycles. The van der Waals surface area contributed by atoms with Crippen LogP contribution in [0.15, 0.2) is 51.7 Å². The number of carbonyl (C=O) groups excluding carboxylic acids is 1. The topological polar surface area (TPSA) is 64.0 Å². The summed E-state index contributed by atoms with van der Waals surface area (Å²) in [4.78, 5) is 34.3. The fourth-order valence-corrected chi connectivity index (χ4v) is 6.77. The van der Waals surface area contributed by atoms with E-state index in [4.69, 9.17) is 4.98 Å². The number of aryl methyl sites for hydroxylation is 3. The Morgan fingerprint density at radius 3 is 2.78 bits per heavy atom. The molecule has 0 bridgehead atoms. The lowest BCUT2D eigenvalue weighted by Crippen LogP contribution is -2.26. The second-order valence-corrected chi connectivity index (χ2v) is 11.0. The van der Waals surface area contributed by atoms with Crippen molar-refractivity contribution < 1.29 is 4.79 Å². The van der Waals surface area contributed by atoms with Gasteiger partial charge in [0, 0.05) is 9.75 Å². The van der Waals surface area contributed by atoms with E-state index in [1.54, 1.807) is 27.2 Å². The fraction of sp³-hybridized carbons (Fsp3) is 0.292. The zero-order valence-electron chi connectivity index (χ0n) is 17.7. The van der Waals surface area contributed by atoms with Gasteiger partial charge in [0.1, 0.15) is 4.83 Å². The lowest BCUT2D eigenvalue weighted by Gasteiger charge is -2.14. The Bertz CT molecular complexity index is 1320. The van der Waals surface area contributed by atoms with Crippen molar-refractivity contribution in [1.29, 1.82) is 0 Å². The predicted octanol–water partition coefficient (Wildman–Crippen LogP) is 5.10. The van der Waals surface area contributed by atoms with Crippen LogP contribution in [-0.2, 0) is 24.2 Å². The average Bonchev–Trinajstić information content (AvgIpc) is 3.45. The van der Waals surface area contributed by atoms with Gasteiger partial charge < -0.3 is 5.32 Å². The number of benzene rings is 1. The Hall–Kier alpha value is -2.42. The maximum Gasteiger partial charge on any atom is 0.267 e. The minimum Gasteiger partial charge on any atom is -0.350 e. The molecule has 8 heteroatoms. The number of amides is 1. The van der Waals surface area contributed by atoms with Crippen molar-refractivity contribution in [3.8, 4) is 5.69 Å². The second kappa shape index (κ2) is 9.21. The van der Waals surface area contributed by atoms with E-state index in [2.05, 4.69) is 5.32 Å². The van der Waals surface area contributed by atoms with Crippen LogP contribution in [0.1, 0.15) is 33.7 Å². The van der Waals surface area contributed by atoms with Gasteiger partial charge in [-0.15, -0.1) is 22.7 Å². The Morgan fingerprint density at radius 1 is 1.19 bits per heavy atom. The van der Waals surface area contributed by atoms with E-state index in [1.165, 1.54) is 22.2 Å². The molecule has 0 saturated heterocycles. The highest BCUT2D eigenvalue weighted by atomic mass is 32.2. The molecule has 0 saturated carbocycles. The maximum absolute atomic E-state index is 13.7. The van der Waals surface area contributed by atoms with Gasteiger partial charge in [-0.1, -0.05) is 35.5 Å². The number of hydrogen-bond donors (Lipinski definition) is 1. The summed E-state index contributed by atoms with van der Waals surface area (Å²) in [5.41, 5.74) is 3.07.